The maximum Gasteiger partial charge on any atom is 0.573 e. The van der Waals surface area contributed by atoms with E-state index in [4.69, 9.17) is 15.2 Å². The van der Waals surface area contributed by atoms with Crippen molar-refractivity contribution in [1.29, 1.82) is 0 Å². The summed E-state index contributed by atoms with van der Waals surface area (Å²) in [5.74, 6) is 0.334. The molecule has 3 aromatic carbocycles. The van der Waals surface area contributed by atoms with E-state index in [0.717, 1.165) is 11.3 Å². The molecule has 0 aromatic heterocycles. The Morgan fingerprint density at radius 1 is 1.08 bits per heavy atom. The van der Waals surface area contributed by atoms with Gasteiger partial charge in [-0.1, -0.05) is 24.3 Å². The van der Waals surface area contributed by atoms with Gasteiger partial charge in [0.05, 0.1) is 13.7 Å². The molecule has 5 rings (SSSR count). The fraction of sp³-hybridized carbons (Fsp3) is 0.231. The van der Waals surface area contributed by atoms with Gasteiger partial charge in [-0.15, -0.1) is 25.6 Å². The van der Waals surface area contributed by atoms with E-state index >= 15 is 0 Å². The number of fused-ring (bicyclic) bond motifs is 1. The quantitative estimate of drug-likeness (QED) is 0.516. The number of guanidine groups is 1. The fourth-order valence-electron chi connectivity index (χ4n) is 4.58. The van der Waals surface area contributed by atoms with Crippen molar-refractivity contribution in [2.24, 2.45) is 10.7 Å². The maximum absolute atomic E-state index is 13.6. The molecule has 2 N–H and O–H groups in total. The average molecular weight is 534 g/mol. The lowest BCUT2D eigenvalue weighted by Gasteiger charge is -2.27. The van der Waals surface area contributed by atoms with Crippen molar-refractivity contribution in [2.75, 3.05) is 20.8 Å². The Balaban J connectivity index is 0.00000320. The number of halogens is 4. The number of carbonyl (C=O) groups is 1. The van der Waals surface area contributed by atoms with Crippen LogP contribution in [-0.2, 0) is 16.8 Å². The molecule has 2 aliphatic heterocycles. The number of benzene rings is 3. The molecule has 2 aliphatic rings. The lowest BCUT2D eigenvalue weighted by molar-refractivity contribution is -0.274. The highest BCUT2D eigenvalue weighted by molar-refractivity contribution is 6.09. The Bertz CT molecular complexity index is 1400. The van der Waals surface area contributed by atoms with Crippen LogP contribution in [0.3, 0.4) is 0 Å². The first-order valence-electron chi connectivity index (χ1n) is 11.1. The number of ether oxygens (including phenoxy) is 3. The standard InChI is InChI=1S/C26H22F3N3O4.ClH/c1-32-23(33)25(31-24(32)30,18-6-8-21-16(13-18)10-11-35-21)17-5-3-4-15(12-17)20-14-19(34-2)7-9-22(20)36-26(27,28)29;/h3-9,12-14H,10-11H2,1-2H3,(H2,30,31);1H. The molecule has 0 saturated carbocycles. The largest absolute Gasteiger partial charge is 0.573 e. The van der Waals surface area contributed by atoms with Crippen LogP contribution in [0, 0.1) is 0 Å². The SMILES string of the molecule is COc1ccc(OC(F)(F)F)c(-c2cccc(C3(c4ccc5c(c4)CCO5)N=C(N)N(C)C3=O)c2)c1.Cl. The zero-order chi connectivity index (χ0) is 25.7. The fourth-order valence-corrected chi connectivity index (χ4v) is 4.58. The number of rotatable bonds is 5. The smallest absolute Gasteiger partial charge is 0.497 e. The highest BCUT2D eigenvalue weighted by atomic mass is 35.5. The van der Waals surface area contributed by atoms with Gasteiger partial charge in [-0.3, -0.25) is 9.69 Å². The molecule has 7 nitrogen and oxygen atoms in total. The minimum Gasteiger partial charge on any atom is -0.497 e. The number of likely N-dealkylation sites (N-methyl/N-ethyl adjacent to an activating group) is 1. The van der Waals surface area contributed by atoms with E-state index in [1.807, 2.05) is 6.07 Å². The predicted molar refractivity (Wildman–Crippen MR) is 133 cm³/mol. The Morgan fingerprint density at radius 2 is 1.84 bits per heavy atom. The maximum atomic E-state index is 13.6. The molecule has 2 heterocycles. The van der Waals surface area contributed by atoms with E-state index < -0.39 is 17.7 Å². The minimum absolute atomic E-state index is 0. The van der Waals surface area contributed by atoms with Crippen LogP contribution in [-0.4, -0.2) is 43.9 Å². The molecule has 3 aromatic rings. The van der Waals surface area contributed by atoms with Gasteiger partial charge in [0.25, 0.3) is 5.91 Å². The first-order valence-corrected chi connectivity index (χ1v) is 11.1. The van der Waals surface area contributed by atoms with Crippen LogP contribution in [0.25, 0.3) is 11.1 Å². The highest BCUT2D eigenvalue weighted by Crippen LogP contribution is 2.44. The summed E-state index contributed by atoms with van der Waals surface area (Å²) in [4.78, 5) is 19.5. The summed E-state index contributed by atoms with van der Waals surface area (Å²) in [6, 6.07) is 16.0. The summed E-state index contributed by atoms with van der Waals surface area (Å²) in [7, 11) is 2.94. The Kier molecular flexibility index (Phi) is 6.72. The molecule has 11 heteroatoms. The Morgan fingerprint density at radius 3 is 2.51 bits per heavy atom. The second-order valence-electron chi connectivity index (χ2n) is 8.46. The first-order chi connectivity index (χ1) is 17.1. The van der Waals surface area contributed by atoms with Crippen molar-refractivity contribution in [1.82, 2.24) is 4.90 Å². The minimum atomic E-state index is -4.89. The molecular weight excluding hydrogens is 511 g/mol. The third kappa shape index (κ3) is 4.53. The lowest BCUT2D eigenvalue weighted by atomic mass is 9.81. The summed E-state index contributed by atoms with van der Waals surface area (Å²) in [6.07, 6.45) is -4.21. The average Bonchev–Trinajstić information content (AvgIpc) is 3.42. The van der Waals surface area contributed by atoms with Gasteiger partial charge in [0, 0.05) is 19.0 Å². The molecule has 1 unspecified atom stereocenters. The van der Waals surface area contributed by atoms with Crippen LogP contribution >= 0.6 is 12.4 Å². The van der Waals surface area contributed by atoms with Crippen molar-refractivity contribution in [3.63, 3.8) is 0 Å². The highest BCUT2D eigenvalue weighted by Gasteiger charge is 2.50. The van der Waals surface area contributed by atoms with Gasteiger partial charge in [-0.25, -0.2) is 4.99 Å². The topological polar surface area (TPSA) is 86.4 Å². The van der Waals surface area contributed by atoms with Gasteiger partial charge in [0.1, 0.15) is 17.2 Å². The summed E-state index contributed by atoms with van der Waals surface area (Å²) in [6.45, 7) is 0.540. The molecule has 0 aliphatic carbocycles. The zero-order valence-corrected chi connectivity index (χ0v) is 20.7. The first kappa shape index (κ1) is 26.2. The van der Waals surface area contributed by atoms with E-state index in [9.17, 15) is 18.0 Å². The summed E-state index contributed by atoms with van der Waals surface area (Å²) in [5, 5.41) is 0. The zero-order valence-electron chi connectivity index (χ0n) is 19.8. The van der Waals surface area contributed by atoms with Crippen LogP contribution in [0.2, 0.25) is 0 Å². The molecule has 0 bridgehead atoms. The molecule has 0 spiro atoms. The summed E-state index contributed by atoms with van der Waals surface area (Å²) >= 11 is 0. The number of hydrogen-bond acceptors (Lipinski definition) is 6. The second-order valence-corrected chi connectivity index (χ2v) is 8.46. The van der Waals surface area contributed by atoms with Crippen LogP contribution in [0.1, 0.15) is 16.7 Å². The van der Waals surface area contributed by atoms with Crippen molar-refractivity contribution in [3.05, 3.63) is 77.4 Å². The Hall–Kier alpha value is -3.92. The van der Waals surface area contributed by atoms with Crippen molar-refractivity contribution >= 4 is 24.3 Å². The van der Waals surface area contributed by atoms with Gasteiger partial charge in [0.2, 0.25) is 0 Å². The predicted octanol–water partition coefficient (Wildman–Crippen LogP) is 4.65. The lowest BCUT2D eigenvalue weighted by Crippen LogP contribution is -2.41. The normalized spacial score (nSPS) is 18.6. The molecular formula is C26H23ClF3N3O4. The van der Waals surface area contributed by atoms with Crippen molar-refractivity contribution in [2.45, 2.75) is 18.3 Å². The van der Waals surface area contributed by atoms with E-state index in [1.54, 1.807) is 36.4 Å². The molecule has 0 saturated heterocycles. The second kappa shape index (κ2) is 9.51. The number of nitrogens with zero attached hydrogens (tertiary/aromatic N) is 2. The number of carbonyl (C=O) groups excluding carboxylic acids is 1. The van der Waals surface area contributed by atoms with E-state index in [0.29, 0.717) is 35.5 Å². The monoisotopic (exact) mass is 533 g/mol. The molecule has 194 valence electrons. The number of nitrogens with two attached hydrogens (primary N) is 1. The Labute approximate surface area is 217 Å². The molecule has 37 heavy (non-hydrogen) atoms. The van der Waals surface area contributed by atoms with Crippen molar-refractivity contribution < 1.29 is 32.2 Å². The van der Waals surface area contributed by atoms with E-state index in [-0.39, 0.29) is 29.8 Å². The van der Waals surface area contributed by atoms with Gasteiger partial charge >= 0.3 is 6.36 Å². The van der Waals surface area contributed by atoms with Crippen LogP contribution in [0.15, 0.2) is 65.7 Å². The third-order valence-electron chi connectivity index (χ3n) is 6.35. The van der Waals surface area contributed by atoms with Gasteiger partial charge in [0.15, 0.2) is 11.5 Å². The summed E-state index contributed by atoms with van der Waals surface area (Å²) < 4.78 is 54.5. The van der Waals surface area contributed by atoms with E-state index in [2.05, 4.69) is 9.73 Å². The van der Waals surface area contributed by atoms with Crippen LogP contribution < -0.4 is 19.9 Å². The number of hydrogen-bond donors (Lipinski definition) is 1. The molecule has 1 amide bonds. The number of alkyl halides is 3. The van der Waals surface area contributed by atoms with Crippen LogP contribution in [0.5, 0.6) is 17.2 Å². The number of aliphatic imine (C=N–C) groups is 1. The number of methoxy groups -OCH3 is 1. The van der Waals surface area contributed by atoms with Gasteiger partial charge in [-0.2, -0.15) is 0 Å². The molecule has 0 radical (unpaired) electrons. The van der Waals surface area contributed by atoms with Crippen molar-refractivity contribution in [3.8, 4) is 28.4 Å². The number of amides is 1. The third-order valence-corrected chi connectivity index (χ3v) is 6.35. The summed E-state index contributed by atoms with van der Waals surface area (Å²) in [5.41, 5.74) is 7.05. The van der Waals surface area contributed by atoms with E-state index in [1.165, 1.54) is 37.3 Å². The molecule has 0 fully saturated rings. The van der Waals surface area contributed by atoms with Gasteiger partial charge < -0.3 is 19.9 Å². The molecule has 1 atom stereocenters. The van der Waals surface area contributed by atoms with Crippen LogP contribution in [0.4, 0.5) is 13.2 Å². The van der Waals surface area contributed by atoms with Gasteiger partial charge in [-0.05, 0) is 58.7 Å².